The molecule has 0 saturated carbocycles. The Bertz CT molecular complexity index is 243. The molecule has 1 aliphatic heterocycles. The molecule has 17 heavy (non-hydrogen) atoms. The van der Waals surface area contributed by atoms with E-state index in [9.17, 15) is 9.59 Å². The largest absolute Gasteiger partial charge is 0.466 e. The first-order valence-corrected chi connectivity index (χ1v) is 5.88. The summed E-state index contributed by atoms with van der Waals surface area (Å²) in [5, 5.41) is 5.98. The average molecular weight is 265 g/mol. The molecule has 100 valence electrons. The molecule has 1 aliphatic rings. The third-order valence-electron chi connectivity index (χ3n) is 2.59. The molecule has 0 aliphatic carbocycles. The molecular formula is C11H21ClN2O3. The summed E-state index contributed by atoms with van der Waals surface area (Å²) < 4.78 is 4.79. The molecule has 1 atom stereocenters. The minimum absolute atomic E-state index is 0. The van der Waals surface area contributed by atoms with Crippen LogP contribution in [0.15, 0.2) is 0 Å². The zero-order valence-electron chi connectivity index (χ0n) is 10.2. The highest BCUT2D eigenvalue weighted by Crippen LogP contribution is 2.06. The minimum atomic E-state index is -0.195. The van der Waals surface area contributed by atoms with E-state index in [-0.39, 0.29) is 30.2 Å². The van der Waals surface area contributed by atoms with E-state index in [1.54, 1.807) is 6.92 Å². The number of esters is 1. The lowest BCUT2D eigenvalue weighted by Crippen LogP contribution is -2.32. The van der Waals surface area contributed by atoms with Crippen LogP contribution in [0.3, 0.4) is 0 Å². The third-order valence-corrected chi connectivity index (χ3v) is 2.59. The number of amides is 1. The zero-order chi connectivity index (χ0) is 11.8. The second-order valence-electron chi connectivity index (χ2n) is 3.89. The summed E-state index contributed by atoms with van der Waals surface area (Å²) >= 11 is 0. The van der Waals surface area contributed by atoms with Crippen molar-refractivity contribution in [2.24, 2.45) is 5.92 Å². The van der Waals surface area contributed by atoms with Crippen LogP contribution in [0.1, 0.15) is 26.2 Å². The maximum atomic E-state index is 11.5. The van der Waals surface area contributed by atoms with E-state index in [2.05, 4.69) is 10.6 Å². The third kappa shape index (κ3) is 6.48. The van der Waals surface area contributed by atoms with Crippen LogP contribution in [-0.4, -0.2) is 38.1 Å². The van der Waals surface area contributed by atoms with Crippen LogP contribution in [0.5, 0.6) is 0 Å². The molecule has 1 saturated heterocycles. The number of hydrogen-bond donors (Lipinski definition) is 2. The van der Waals surface area contributed by atoms with Gasteiger partial charge in [0.1, 0.15) is 0 Å². The summed E-state index contributed by atoms with van der Waals surface area (Å²) in [7, 11) is 0. The second-order valence-corrected chi connectivity index (χ2v) is 3.89. The van der Waals surface area contributed by atoms with Gasteiger partial charge in [-0.1, -0.05) is 0 Å². The van der Waals surface area contributed by atoms with Crippen LogP contribution in [0, 0.1) is 5.92 Å². The van der Waals surface area contributed by atoms with Crippen molar-refractivity contribution in [3.63, 3.8) is 0 Å². The van der Waals surface area contributed by atoms with Crippen molar-refractivity contribution < 1.29 is 14.3 Å². The van der Waals surface area contributed by atoms with E-state index in [0.717, 1.165) is 19.5 Å². The summed E-state index contributed by atoms with van der Waals surface area (Å²) in [5.74, 6) is -0.00395. The van der Waals surface area contributed by atoms with Crippen LogP contribution >= 0.6 is 12.4 Å². The fourth-order valence-electron chi connectivity index (χ4n) is 1.70. The molecule has 0 spiro atoms. The van der Waals surface area contributed by atoms with Gasteiger partial charge in [0, 0.05) is 19.5 Å². The van der Waals surface area contributed by atoms with Gasteiger partial charge in [0.15, 0.2) is 0 Å². The Morgan fingerprint density at radius 3 is 2.82 bits per heavy atom. The highest BCUT2D eigenvalue weighted by atomic mass is 35.5. The molecule has 2 N–H and O–H groups in total. The first kappa shape index (κ1) is 16.2. The quantitative estimate of drug-likeness (QED) is 0.541. The maximum absolute atomic E-state index is 11.5. The number of halogens is 1. The van der Waals surface area contributed by atoms with E-state index < -0.39 is 0 Å². The molecular weight excluding hydrogens is 244 g/mol. The number of nitrogens with one attached hydrogen (secondary N) is 2. The van der Waals surface area contributed by atoms with Crippen molar-refractivity contribution in [1.29, 1.82) is 0 Å². The van der Waals surface area contributed by atoms with Gasteiger partial charge >= 0.3 is 5.97 Å². The molecule has 1 heterocycles. The first-order chi connectivity index (χ1) is 7.74. The topological polar surface area (TPSA) is 67.4 Å². The molecule has 0 aromatic carbocycles. The number of carbonyl (C=O) groups is 2. The van der Waals surface area contributed by atoms with Crippen LogP contribution in [0.25, 0.3) is 0 Å². The molecule has 0 aromatic heterocycles. The van der Waals surface area contributed by atoms with Gasteiger partial charge in [0.25, 0.3) is 0 Å². The molecule has 1 unspecified atom stereocenters. The first-order valence-electron chi connectivity index (χ1n) is 5.88. The van der Waals surface area contributed by atoms with Gasteiger partial charge in [-0.05, 0) is 26.3 Å². The Morgan fingerprint density at radius 1 is 1.47 bits per heavy atom. The molecule has 0 radical (unpaired) electrons. The predicted octanol–water partition coefficient (Wildman–Crippen LogP) is 0.477. The Balaban J connectivity index is 0.00000256. The molecule has 0 aromatic rings. The van der Waals surface area contributed by atoms with Crippen LogP contribution < -0.4 is 10.6 Å². The van der Waals surface area contributed by atoms with Crippen LogP contribution in [-0.2, 0) is 14.3 Å². The van der Waals surface area contributed by atoms with Gasteiger partial charge < -0.3 is 15.4 Å². The second kappa shape index (κ2) is 9.24. The normalized spacial score (nSPS) is 18.3. The molecule has 1 amide bonds. The fourth-order valence-corrected chi connectivity index (χ4v) is 1.70. The van der Waals surface area contributed by atoms with Gasteiger partial charge in [-0.25, -0.2) is 0 Å². The monoisotopic (exact) mass is 264 g/mol. The highest BCUT2D eigenvalue weighted by molar-refractivity contribution is 5.85. The van der Waals surface area contributed by atoms with Gasteiger partial charge in [-0.2, -0.15) is 0 Å². The average Bonchev–Trinajstić information content (AvgIpc) is 2.78. The molecule has 6 heteroatoms. The van der Waals surface area contributed by atoms with Crippen LogP contribution in [0.4, 0.5) is 0 Å². The predicted molar refractivity (Wildman–Crippen MR) is 67.1 cm³/mol. The number of hydrogen-bond acceptors (Lipinski definition) is 4. The SMILES string of the molecule is CCOC(=O)CCCNC(=O)C1CCNC1.Cl. The van der Waals surface area contributed by atoms with Crippen molar-refractivity contribution in [2.75, 3.05) is 26.2 Å². The van der Waals surface area contributed by atoms with Gasteiger partial charge in [0.05, 0.1) is 12.5 Å². The van der Waals surface area contributed by atoms with Gasteiger partial charge in [-0.15, -0.1) is 12.4 Å². The number of ether oxygens (including phenoxy) is 1. The lowest BCUT2D eigenvalue weighted by atomic mass is 10.1. The fraction of sp³-hybridized carbons (Fsp3) is 0.818. The Labute approximate surface area is 108 Å². The van der Waals surface area contributed by atoms with Crippen molar-refractivity contribution in [3.8, 4) is 0 Å². The van der Waals surface area contributed by atoms with Gasteiger partial charge in [0.2, 0.25) is 5.91 Å². The molecule has 1 fully saturated rings. The summed E-state index contributed by atoms with van der Waals surface area (Å²) in [4.78, 5) is 22.5. The molecule has 5 nitrogen and oxygen atoms in total. The van der Waals surface area contributed by atoms with E-state index in [4.69, 9.17) is 4.74 Å². The van der Waals surface area contributed by atoms with E-state index >= 15 is 0 Å². The summed E-state index contributed by atoms with van der Waals surface area (Å²) in [6, 6.07) is 0. The Hall–Kier alpha value is -0.810. The van der Waals surface area contributed by atoms with E-state index in [1.165, 1.54) is 0 Å². The van der Waals surface area contributed by atoms with Crippen molar-refractivity contribution >= 4 is 24.3 Å². The van der Waals surface area contributed by atoms with Crippen LogP contribution in [0.2, 0.25) is 0 Å². The number of carbonyl (C=O) groups excluding carboxylic acids is 2. The summed E-state index contributed by atoms with van der Waals surface area (Å²) in [6.07, 6.45) is 1.92. The van der Waals surface area contributed by atoms with Gasteiger partial charge in [-0.3, -0.25) is 9.59 Å². The maximum Gasteiger partial charge on any atom is 0.305 e. The summed E-state index contributed by atoms with van der Waals surface area (Å²) in [5.41, 5.74) is 0. The standard InChI is InChI=1S/C11H20N2O3.ClH/c1-2-16-10(14)4-3-6-13-11(15)9-5-7-12-8-9;/h9,12H,2-8H2,1H3,(H,13,15);1H. The lowest BCUT2D eigenvalue weighted by Gasteiger charge is -2.09. The minimum Gasteiger partial charge on any atom is -0.466 e. The van der Waals surface area contributed by atoms with Crippen molar-refractivity contribution in [2.45, 2.75) is 26.2 Å². The smallest absolute Gasteiger partial charge is 0.305 e. The van der Waals surface area contributed by atoms with E-state index in [0.29, 0.717) is 26.0 Å². The summed E-state index contributed by atoms with van der Waals surface area (Å²) in [6.45, 7) is 4.43. The van der Waals surface area contributed by atoms with E-state index in [1.807, 2.05) is 0 Å². The number of rotatable bonds is 6. The zero-order valence-corrected chi connectivity index (χ0v) is 11.0. The van der Waals surface area contributed by atoms with Crippen molar-refractivity contribution in [3.05, 3.63) is 0 Å². The Morgan fingerprint density at radius 2 is 2.24 bits per heavy atom. The molecule has 1 rings (SSSR count). The highest BCUT2D eigenvalue weighted by Gasteiger charge is 2.21. The Kier molecular flexibility index (Phi) is 8.80. The lowest BCUT2D eigenvalue weighted by molar-refractivity contribution is -0.143. The van der Waals surface area contributed by atoms with Crippen molar-refractivity contribution in [1.82, 2.24) is 10.6 Å². The molecule has 0 bridgehead atoms.